The van der Waals surface area contributed by atoms with Crippen LogP contribution in [0.15, 0.2) is 16.6 Å². The molecule has 3 rings (SSSR count). The number of nitrogens with zero attached hydrogens (tertiary/aromatic N) is 1. The van der Waals surface area contributed by atoms with Gasteiger partial charge >= 0.3 is 5.97 Å². The first kappa shape index (κ1) is 18.7. The highest BCUT2D eigenvalue weighted by Gasteiger charge is 2.39. The van der Waals surface area contributed by atoms with E-state index in [0.29, 0.717) is 12.2 Å². The van der Waals surface area contributed by atoms with Gasteiger partial charge in [-0.2, -0.15) is 0 Å². The van der Waals surface area contributed by atoms with Crippen LogP contribution in [0.4, 0.5) is 5.69 Å². The number of rotatable bonds is 5. The van der Waals surface area contributed by atoms with Crippen molar-refractivity contribution in [3.05, 3.63) is 27.7 Å². The number of carboxylic acids is 1. The Morgan fingerprint density at radius 1 is 1.44 bits per heavy atom. The number of hydrogen-bond acceptors (Lipinski definition) is 4. The van der Waals surface area contributed by atoms with Crippen molar-refractivity contribution < 1.29 is 19.4 Å². The summed E-state index contributed by atoms with van der Waals surface area (Å²) < 4.78 is 12.6. The maximum Gasteiger partial charge on any atom is 0.335 e. The molecule has 0 aliphatic carbocycles. The van der Waals surface area contributed by atoms with E-state index in [9.17, 15) is 9.90 Å². The molecule has 6 heteroatoms. The number of aromatic carboxylic acids is 1. The standard InChI is InChI=1S/C19H26BrNO4/c1-11(2)21-16(10-25-17-6-4-5-7-24-17)12(3)14-8-13(19(22)23)9-15(20)18(14)21/h8-9,11-12,16-17H,4-7,10H2,1-3H3,(H,22,23). The van der Waals surface area contributed by atoms with Crippen molar-refractivity contribution in [1.82, 2.24) is 0 Å². The molecule has 2 aliphatic heterocycles. The Kier molecular flexibility index (Phi) is 5.71. The second kappa shape index (κ2) is 7.64. The fourth-order valence-corrected chi connectivity index (χ4v) is 4.57. The van der Waals surface area contributed by atoms with Gasteiger partial charge in [0.1, 0.15) is 0 Å². The van der Waals surface area contributed by atoms with Crippen LogP contribution in [-0.4, -0.2) is 42.7 Å². The molecule has 5 nitrogen and oxygen atoms in total. The molecule has 25 heavy (non-hydrogen) atoms. The van der Waals surface area contributed by atoms with Crippen LogP contribution in [0.5, 0.6) is 0 Å². The Morgan fingerprint density at radius 2 is 2.20 bits per heavy atom. The lowest BCUT2D eigenvalue weighted by molar-refractivity contribution is -0.165. The number of carboxylic acid groups (broad SMARTS) is 1. The van der Waals surface area contributed by atoms with Crippen molar-refractivity contribution >= 4 is 27.6 Å². The first-order valence-electron chi connectivity index (χ1n) is 8.98. The van der Waals surface area contributed by atoms with Crippen molar-refractivity contribution in [3.63, 3.8) is 0 Å². The summed E-state index contributed by atoms with van der Waals surface area (Å²) >= 11 is 3.59. The molecule has 2 heterocycles. The van der Waals surface area contributed by atoms with Crippen LogP contribution in [0.1, 0.15) is 61.9 Å². The maximum atomic E-state index is 11.4. The van der Waals surface area contributed by atoms with Gasteiger partial charge in [-0.05, 0) is 66.7 Å². The normalized spacial score (nSPS) is 26.1. The zero-order chi connectivity index (χ0) is 18.1. The van der Waals surface area contributed by atoms with Crippen molar-refractivity contribution in [2.75, 3.05) is 18.1 Å². The molecule has 0 spiro atoms. The van der Waals surface area contributed by atoms with Gasteiger partial charge in [-0.25, -0.2) is 4.79 Å². The molecule has 3 unspecified atom stereocenters. The summed E-state index contributed by atoms with van der Waals surface area (Å²) in [5.74, 6) is -0.710. The maximum absolute atomic E-state index is 11.4. The fourth-order valence-electron chi connectivity index (χ4n) is 3.89. The number of ether oxygens (including phenoxy) is 2. The van der Waals surface area contributed by atoms with E-state index in [1.54, 1.807) is 12.1 Å². The summed E-state index contributed by atoms with van der Waals surface area (Å²) in [7, 11) is 0. The zero-order valence-corrected chi connectivity index (χ0v) is 16.6. The Morgan fingerprint density at radius 3 is 2.80 bits per heavy atom. The lowest BCUT2D eigenvalue weighted by Gasteiger charge is -2.34. The Balaban J connectivity index is 1.86. The van der Waals surface area contributed by atoms with Crippen LogP contribution in [0.25, 0.3) is 0 Å². The van der Waals surface area contributed by atoms with E-state index in [1.165, 1.54) is 0 Å². The molecule has 0 bridgehead atoms. The quantitative estimate of drug-likeness (QED) is 0.778. The molecule has 1 aromatic rings. The third-order valence-corrected chi connectivity index (χ3v) is 5.77. The highest BCUT2D eigenvalue weighted by Crippen LogP contribution is 2.47. The number of anilines is 1. The lowest BCUT2D eigenvalue weighted by atomic mass is 9.96. The largest absolute Gasteiger partial charge is 0.478 e. The number of fused-ring (bicyclic) bond motifs is 1. The van der Waals surface area contributed by atoms with Crippen molar-refractivity contribution in [1.29, 1.82) is 0 Å². The molecule has 0 radical (unpaired) electrons. The predicted molar refractivity (Wildman–Crippen MR) is 100 cm³/mol. The summed E-state index contributed by atoms with van der Waals surface area (Å²) in [6.45, 7) is 7.81. The smallest absolute Gasteiger partial charge is 0.335 e. The number of hydrogen-bond donors (Lipinski definition) is 1. The van der Waals surface area contributed by atoms with Gasteiger partial charge in [0.25, 0.3) is 0 Å². The van der Waals surface area contributed by atoms with Gasteiger partial charge < -0.3 is 19.5 Å². The molecule has 0 saturated carbocycles. The second-order valence-corrected chi connectivity index (χ2v) is 8.04. The average Bonchev–Trinajstić information content (AvgIpc) is 2.87. The van der Waals surface area contributed by atoms with Crippen molar-refractivity contribution in [2.24, 2.45) is 0 Å². The van der Waals surface area contributed by atoms with E-state index in [2.05, 4.69) is 41.6 Å². The van der Waals surface area contributed by atoms with Crippen LogP contribution >= 0.6 is 15.9 Å². The number of halogens is 1. The molecule has 1 saturated heterocycles. The minimum absolute atomic E-state index is 0.114. The summed E-state index contributed by atoms with van der Waals surface area (Å²) in [4.78, 5) is 13.8. The van der Waals surface area contributed by atoms with Crippen LogP contribution in [0.3, 0.4) is 0 Å². The van der Waals surface area contributed by atoms with E-state index >= 15 is 0 Å². The van der Waals surface area contributed by atoms with Crippen LogP contribution in [0.2, 0.25) is 0 Å². The topological polar surface area (TPSA) is 59.0 Å². The van der Waals surface area contributed by atoms with E-state index in [-0.39, 0.29) is 24.3 Å². The summed E-state index contributed by atoms with van der Waals surface area (Å²) in [6.07, 6.45) is 3.08. The van der Waals surface area contributed by atoms with Gasteiger partial charge in [0.2, 0.25) is 0 Å². The van der Waals surface area contributed by atoms with Gasteiger partial charge in [-0.3, -0.25) is 0 Å². The molecule has 2 aliphatic rings. The van der Waals surface area contributed by atoms with Crippen molar-refractivity contribution in [3.8, 4) is 0 Å². The first-order chi connectivity index (χ1) is 11.9. The third-order valence-electron chi connectivity index (χ3n) is 5.17. The van der Waals surface area contributed by atoms with Gasteiger partial charge in [-0.15, -0.1) is 0 Å². The highest BCUT2D eigenvalue weighted by molar-refractivity contribution is 9.10. The minimum atomic E-state index is -0.901. The Hall–Kier alpha value is -1.11. The Labute approximate surface area is 157 Å². The lowest BCUT2D eigenvalue weighted by Crippen LogP contribution is -2.43. The summed E-state index contributed by atoms with van der Waals surface area (Å²) in [5.41, 5.74) is 2.47. The van der Waals surface area contributed by atoms with Gasteiger partial charge in [0.15, 0.2) is 6.29 Å². The molecular formula is C19H26BrNO4. The molecule has 1 N–H and O–H groups in total. The molecule has 1 aromatic carbocycles. The molecule has 138 valence electrons. The molecule has 0 amide bonds. The molecule has 0 aromatic heterocycles. The van der Waals surface area contributed by atoms with Gasteiger partial charge in [0.05, 0.1) is 23.9 Å². The molecule has 1 fully saturated rings. The average molecular weight is 412 g/mol. The van der Waals surface area contributed by atoms with E-state index in [4.69, 9.17) is 9.47 Å². The van der Waals surface area contributed by atoms with E-state index in [0.717, 1.165) is 41.6 Å². The van der Waals surface area contributed by atoms with Crippen LogP contribution < -0.4 is 4.90 Å². The number of carbonyl (C=O) groups is 1. The minimum Gasteiger partial charge on any atom is -0.478 e. The van der Waals surface area contributed by atoms with Crippen molar-refractivity contribution in [2.45, 2.75) is 64.3 Å². The summed E-state index contributed by atoms with van der Waals surface area (Å²) in [5, 5.41) is 9.37. The molecule has 3 atom stereocenters. The SMILES string of the molecule is CC1c2cc(C(=O)O)cc(Br)c2N(C(C)C)C1COC1CCCCO1. The third kappa shape index (κ3) is 3.71. The molecular weight excluding hydrogens is 386 g/mol. The van der Waals surface area contributed by atoms with E-state index in [1.807, 2.05) is 0 Å². The number of benzene rings is 1. The van der Waals surface area contributed by atoms with E-state index < -0.39 is 5.97 Å². The van der Waals surface area contributed by atoms with Crippen LogP contribution in [-0.2, 0) is 9.47 Å². The second-order valence-electron chi connectivity index (χ2n) is 7.19. The fraction of sp³-hybridized carbons (Fsp3) is 0.632. The highest BCUT2D eigenvalue weighted by atomic mass is 79.9. The first-order valence-corrected chi connectivity index (χ1v) is 9.77. The zero-order valence-electron chi connectivity index (χ0n) is 15.0. The summed E-state index contributed by atoms with van der Waals surface area (Å²) in [6, 6.07) is 3.95. The monoisotopic (exact) mass is 411 g/mol. The van der Waals surface area contributed by atoms with Gasteiger partial charge in [-0.1, -0.05) is 6.92 Å². The van der Waals surface area contributed by atoms with Gasteiger partial charge in [0, 0.05) is 23.0 Å². The predicted octanol–water partition coefficient (Wildman–Crippen LogP) is 4.39. The van der Waals surface area contributed by atoms with Crippen LogP contribution in [0, 0.1) is 0 Å². The Bertz CT molecular complexity index is 643.